The highest BCUT2D eigenvalue weighted by Gasteiger charge is 2.30. The van der Waals surface area contributed by atoms with Gasteiger partial charge in [0.2, 0.25) is 17.7 Å². The second kappa shape index (κ2) is 15.0. The summed E-state index contributed by atoms with van der Waals surface area (Å²) in [4.78, 5) is 58.0. The topological polar surface area (TPSA) is 231 Å². The molecular weight excluding hydrogens is 528 g/mol. The number of carboxylic acid groups (broad SMARTS) is 1. The summed E-state index contributed by atoms with van der Waals surface area (Å²) in [5.74, 6) is -3.19. The summed E-state index contributed by atoms with van der Waals surface area (Å²) in [6.45, 7) is -0.111. The molecule has 3 atom stereocenters. The summed E-state index contributed by atoms with van der Waals surface area (Å²) in [7, 11) is 0. The van der Waals surface area contributed by atoms with E-state index in [2.05, 4.69) is 25.9 Å². The van der Waals surface area contributed by atoms with Crippen LogP contribution in [0.25, 0.3) is 10.9 Å². The van der Waals surface area contributed by atoms with E-state index < -0.39 is 41.8 Å². The Labute approximate surface area is 236 Å². The van der Waals surface area contributed by atoms with Gasteiger partial charge in [-0.3, -0.25) is 19.4 Å². The van der Waals surface area contributed by atoms with Crippen molar-refractivity contribution >= 4 is 40.6 Å². The number of carbonyl (C=O) groups is 4. The smallest absolute Gasteiger partial charge is 0.326 e. The van der Waals surface area contributed by atoms with Crippen molar-refractivity contribution in [3.63, 3.8) is 0 Å². The predicted octanol–water partition coefficient (Wildman–Crippen LogP) is -0.496. The third-order valence-electron chi connectivity index (χ3n) is 6.41. The Morgan fingerprint density at radius 2 is 1.51 bits per heavy atom. The van der Waals surface area contributed by atoms with Gasteiger partial charge in [0.25, 0.3) is 0 Å². The van der Waals surface area contributed by atoms with Crippen LogP contribution >= 0.6 is 0 Å². The van der Waals surface area contributed by atoms with Gasteiger partial charge < -0.3 is 43.2 Å². The van der Waals surface area contributed by atoms with E-state index in [0.717, 1.165) is 22.0 Å². The van der Waals surface area contributed by atoms with Crippen LogP contribution in [0.1, 0.15) is 24.0 Å². The molecule has 41 heavy (non-hydrogen) atoms. The van der Waals surface area contributed by atoms with E-state index in [1.165, 1.54) is 0 Å². The Hall–Kier alpha value is -4.91. The average molecular weight is 565 g/mol. The molecule has 0 aliphatic rings. The average Bonchev–Trinajstić information content (AvgIpc) is 3.36. The summed E-state index contributed by atoms with van der Waals surface area (Å²) in [5.41, 5.74) is 18.5. The van der Waals surface area contributed by atoms with Crippen LogP contribution in [0.2, 0.25) is 0 Å². The molecule has 218 valence electrons. The van der Waals surface area contributed by atoms with Gasteiger partial charge in [0.15, 0.2) is 5.96 Å². The van der Waals surface area contributed by atoms with Crippen LogP contribution in [0.5, 0.6) is 0 Å². The normalized spacial score (nSPS) is 13.0. The monoisotopic (exact) mass is 564 g/mol. The van der Waals surface area contributed by atoms with Gasteiger partial charge in [0, 0.05) is 36.5 Å². The van der Waals surface area contributed by atoms with Crippen molar-refractivity contribution < 1.29 is 24.3 Å². The Bertz CT molecular complexity index is 1370. The number of para-hydroxylation sites is 1. The summed E-state index contributed by atoms with van der Waals surface area (Å²) < 4.78 is 0. The first-order chi connectivity index (χ1) is 19.7. The van der Waals surface area contributed by atoms with Crippen molar-refractivity contribution in [1.29, 1.82) is 0 Å². The van der Waals surface area contributed by atoms with Gasteiger partial charge in [-0.1, -0.05) is 48.5 Å². The summed E-state index contributed by atoms with van der Waals surface area (Å²) >= 11 is 0. The molecule has 3 unspecified atom stereocenters. The molecule has 0 aliphatic carbocycles. The van der Waals surface area contributed by atoms with Crippen LogP contribution in [-0.2, 0) is 32.0 Å². The molecule has 13 heteroatoms. The Kier molecular flexibility index (Phi) is 11.2. The standard InChI is InChI=1S/C28H36N8O5/c29-15-24(37)34-21(11-6-12-32-28(30)31)25(38)35-22(14-18-16-33-20-10-5-4-9-19(18)20)26(39)36-23(27(40)41)13-17-7-2-1-3-8-17/h1-5,7-10,16,21-23,33H,6,11-15,29H2,(H,34,37)(H,35,38)(H,36,39)(H,40,41)(H4,30,31,32). The molecule has 11 N–H and O–H groups in total. The van der Waals surface area contributed by atoms with E-state index >= 15 is 0 Å². The third kappa shape index (κ3) is 9.35. The molecule has 0 aliphatic heterocycles. The Morgan fingerprint density at radius 3 is 2.20 bits per heavy atom. The molecule has 0 bridgehead atoms. The number of nitrogens with zero attached hydrogens (tertiary/aromatic N) is 1. The van der Waals surface area contributed by atoms with E-state index in [1.54, 1.807) is 30.5 Å². The van der Waals surface area contributed by atoms with Crippen molar-refractivity contribution in [2.75, 3.05) is 13.1 Å². The van der Waals surface area contributed by atoms with Crippen LogP contribution in [0.4, 0.5) is 0 Å². The van der Waals surface area contributed by atoms with Crippen molar-refractivity contribution in [3.05, 3.63) is 71.9 Å². The number of fused-ring (bicyclic) bond motifs is 1. The minimum absolute atomic E-state index is 0.0512. The fourth-order valence-electron chi connectivity index (χ4n) is 4.35. The maximum Gasteiger partial charge on any atom is 0.326 e. The van der Waals surface area contributed by atoms with Gasteiger partial charge in [-0.2, -0.15) is 0 Å². The van der Waals surface area contributed by atoms with Crippen molar-refractivity contribution in [1.82, 2.24) is 20.9 Å². The number of aliphatic imine (C=N–C) groups is 1. The Balaban J connectivity index is 1.84. The molecule has 0 fully saturated rings. The van der Waals surface area contributed by atoms with Gasteiger partial charge in [0.05, 0.1) is 6.54 Å². The molecule has 3 aromatic rings. The summed E-state index contributed by atoms with van der Waals surface area (Å²) in [6, 6.07) is 12.9. The second-order valence-corrected chi connectivity index (χ2v) is 9.49. The number of H-pyrrole nitrogens is 1. The maximum atomic E-state index is 13.5. The van der Waals surface area contributed by atoms with Crippen LogP contribution in [-0.4, -0.2) is 71.0 Å². The van der Waals surface area contributed by atoms with Crippen molar-refractivity contribution in [3.8, 4) is 0 Å². The number of guanidine groups is 1. The Morgan fingerprint density at radius 1 is 0.854 bits per heavy atom. The predicted molar refractivity (Wildman–Crippen MR) is 155 cm³/mol. The largest absolute Gasteiger partial charge is 0.480 e. The number of aromatic nitrogens is 1. The summed E-state index contributed by atoms with van der Waals surface area (Å²) in [5, 5.41) is 18.5. The SMILES string of the molecule is NCC(=O)NC(CCCN=C(N)N)C(=O)NC(Cc1c[nH]c2ccccc12)C(=O)NC(Cc1ccccc1)C(=O)O. The van der Waals surface area contributed by atoms with Gasteiger partial charge in [0.1, 0.15) is 18.1 Å². The molecule has 13 nitrogen and oxygen atoms in total. The first-order valence-electron chi connectivity index (χ1n) is 13.1. The molecule has 0 saturated heterocycles. The number of hydrogen-bond donors (Lipinski definition) is 8. The van der Waals surface area contributed by atoms with Crippen molar-refractivity contribution in [2.45, 2.75) is 43.8 Å². The minimum atomic E-state index is -1.24. The zero-order valence-corrected chi connectivity index (χ0v) is 22.5. The highest BCUT2D eigenvalue weighted by molar-refractivity contribution is 5.94. The van der Waals surface area contributed by atoms with Gasteiger partial charge in [-0.25, -0.2) is 4.79 Å². The third-order valence-corrected chi connectivity index (χ3v) is 6.41. The lowest BCUT2D eigenvalue weighted by molar-refractivity contribution is -0.142. The number of aromatic amines is 1. The lowest BCUT2D eigenvalue weighted by Gasteiger charge is -2.24. The van der Waals surface area contributed by atoms with Gasteiger partial charge in [-0.05, 0) is 30.0 Å². The molecule has 3 rings (SSSR count). The van der Waals surface area contributed by atoms with Crippen LogP contribution < -0.4 is 33.2 Å². The van der Waals surface area contributed by atoms with Crippen LogP contribution in [0.15, 0.2) is 65.8 Å². The number of amides is 3. The minimum Gasteiger partial charge on any atom is -0.480 e. The molecule has 0 saturated carbocycles. The summed E-state index contributed by atoms with van der Waals surface area (Å²) in [6.07, 6.45) is 2.37. The van der Waals surface area contributed by atoms with E-state index in [4.69, 9.17) is 17.2 Å². The second-order valence-electron chi connectivity index (χ2n) is 9.49. The van der Waals surface area contributed by atoms with E-state index in [0.29, 0.717) is 6.42 Å². The number of rotatable bonds is 15. The molecule has 2 aromatic carbocycles. The van der Waals surface area contributed by atoms with Crippen LogP contribution in [0, 0.1) is 0 Å². The number of aliphatic carboxylic acids is 1. The first kappa shape index (κ1) is 30.6. The zero-order valence-electron chi connectivity index (χ0n) is 22.5. The molecule has 3 amide bonds. The van der Waals surface area contributed by atoms with Crippen molar-refractivity contribution in [2.24, 2.45) is 22.2 Å². The number of carboxylic acids is 1. The van der Waals surface area contributed by atoms with E-state index in [1.807, 2.05) is 30.3 Å². The fourth-order valence-corrected chi connectivity index (χ4v) is 4.35. The van der Waals surface area contributed by atoms with Gasteiger partial charge in [-0.15, -0.1) is 0 Å². The highest BCUT2D eigenvalue weighted by Crippen LogP contribution is 2.19. The first-order valence-corrected chi connectivity index (χ1v) is 13.1. The zero-order chi connectivity index (χ0) is 29.8. The molecule has 0 spiro atoms. The highest BCUT2D eigenvalue weighted by atomic mass is 16.4. The molecule has 0 radical (unpaired) electrons. The van der Waals surface area contributed by atoms with Gasteiger partial charge >= 0.3 is 5.97 Å². The maximum absolute atomic E-state index is 13.5. The lowest BCUT2D eigenvalue weighted by Crippen LogP contribution is -2.57. The molecule has 1 aromatic heterocycles. The fraction of sp³-hybridized carbons (Fsp3) is 0.321. The number of nitrogens with one attached hydrogen (secondary N) is 4. The van der Waals surface area contributed by atoms with E-state index in [9.17, 15) is 24.3 Å². The quantitative estimate of drug-likeness (QED) is 0.0680. The number of nitrogens with two attached hydrogens (primary N) is 3. The molecular formula is C28H36N8O5. The number of carbonyl (C=O) groups excluding carboxylic acids is 3. The van der Waals surface area contributed by atoms with Crippen LogP contribution in [0.3, 0.4) is 0 Å². The number of benzene rings is 2. The molecule has 1 heterocycles. The lowest BCUT2D eigenvalue weighted by atomic mass is 10.0. The number of hydrogen-bond acceptors (Lipinski definition) is 6. The van der Waals surface area contributed by atoms with E-state index in [-0.39, 0.29) is 38.3 Å².